The highest BCUT2D eigenvalue weighted by atomic mass is 15.1. The molecule has 1 nitrogen and oxygen atoms in total. The molecule has 1 aliphatic rings. The number of hydrogen-bond donors (Lipinski definition) is 0. The number of nitrogens with zero attached hydrogens (tertiary/aromatic N) is 1. The summed E-state index contributed by atoms with van der Waals surface area (Å²) in [5.41, 5.74) is 11.6. The van der Waals surface area contributed by atoms with Gasteiger partial charge in [-0.25, -0.2) is 0 Å². The van der Waals surface area contributed by atoms with Crippen LogP contribution < -0.4 is 4.90 Å². The molecule has 0 bridgehead atoms. The molecule has 212 valence electrons. The van der Waals surface area contributed by atoms with E-state index in [4.69, 9.17) is 0 Å². The molecule has 0 saturated carbocycles. The Kier molecular flexibility index (Phi) is 5.01. The second kappa shape index (κ2) is 8.61. The van der Waals surface area contributed by atoms with E-state index in [9.17, 15) is 0 Å². The summed E-state index contributed by atoms with van der Waals surface area (Å²) in [7, 11) is 0. The van der Waals surface area contributed by atoms with Crippen molar-refractivity contribution in [3.05, 3.63) is 137 Å². The van der Waals surface area contributed by atoms with E-state index >= 15 is 0 Å². The monoisotopic (exact) mass is 565 g/mol. The van der Waals surface area contributed by atoms with Crippen molar-refractivity contribution in [2.75, 3.05) is 4.90 Å². The Morgan fingerprint density at radius 1 is 0.432 bits per heavy atom. The van der Waals surface area contributed by atoms with Crippen molar-refractivity contribution in [3.63, 3.8) is 0 Å². The third-order valence-corrected chi connectivity index (χ3v) is 10.8. The predicted octanol–water partition coefficient (Wildman–Crippen LogP) is 12.2. The topological polar surface area (TPSA) is 3.24 Å². The zero-order chi connectivity index (χ0) is 30.1. The molecule has 1 aliphatic carbocycles. The fourth-order valence-corrected chi connectivity index (χ4v) is 8.21. The molecular weight excluding hydrogens is 530 g/mol. The van der Waals surface area contributed by atoms with Gasteiger partial charge >= 0.3 is 0 Å². The Bertz CT molecular complexity index is 2460. The minimum Gasteiger partial charge on any atom is -0.309 e. The van der Waals surface area contributed by atoms with Crippen LogP contribution in [-0.2, 0) is 5.41 Å². The molecule has 8 aromatic rings. The summed E-state index contributed by atoms with van der Waals surface area (Å²) < 4.78 is 0. The van der Waals surface area contributed by atoms with E-state index in [2.05, 4.69) is 150 Å². The van der Waals surface area contributed by atoms with Crippen LogP contribution in [-0.4, -0.2) is 0 Å². The average molecular weight is 566 g/mol. The molecule has 1 heteroatoms. The van der Waals surface area contributed by atoms with E-state index in [1.165, 1.54) is 104 Å². The van der Waals surface area contributed by atoms with Crippen molar-refractivity contribution in [2.24, 2.45) is 0 Å². The number of benzene rings is 8. The predicted molar refractivity (Wildman–Crippen MR) is 191 cm³/mol. The molecule has 8 aromatic carbocycles. The SMILES string of the molecule is Cc1ccc(N(c2ccc(C)c(C)c2)c2c3cccc4c3c3c5c(ccc6cccc(c7cccc2c73)c65)C4(C)C)cc1C. The first-order chi connectivity index (χ1) is 21.3. The molecule has 0 atom stereocenters. The number of anilines is 3. The largest absolute Gasteiger partial charge is 0.309 e. The lowest BCUT2D eigenvalue weighted by Crippen LogP contribution is -2.23. The van der Waals surface area contributed by atoms with Crippen molar-refractivity contribution in [2.45, 2.75) is 47.0 Å². The zero-order valence-corrected chi connectivity index (χ0v) is 26.3. The molecule has 44 heavy (non-hydrogen) atoms. The third-order valence-electron chi connectivity index (χ3n) is 10.8. The molecule has 9 rings (SSSR count). The maximum absolute atomic E-state index is 2.53. The highest BCUT2D eigenvalue weighted by Gasteiger charge is 2.35. The van der Waals surface area contributed by atoms with Gasteiger partial charge in [0, 0.05) is 32.9 Å². The normalized spacial score (nSPS) is 13.9. The van der Waals surface area contributed by atoms with Crippen molar-refractivity contribution >= 4 is 70.9 Å². The molecule has 0 aromatic heterocycles. The molecule has 0 N–H and O–H groups in total. The lowest BCUT2D eigenvalue weighted by atomic mass is 9.68. The summed E-state index contributed by atoms with van der Waals surface area (Å²) in [5, 5.41) is 13.7. The molecule has 0 fully saturated rings. The first-order valence-corrected chi connectivity index (χ1v) is 15.8. The fourth-order valence-electron chi connectivity index (χ4n) is 8.21. The van der Waals surface area contributed by atoms with Gasteiger partial charge in [-0.2, -0.15) is 0 Å². The lowest BCUT2D eigenvalue weighted by Gasteiger charge is -2.37. The number of aryl methyl sites for hydroxylation is 4. The van der Waals surface area contributed by atoms with Gasteiger partial charge in [0.1, 0.15) is 0 Å². The van der Waals surface area contributed by atoms with E-state index in [0.29, 0.717) is 0 Å². The Balaban J connectivity index is 1.57. The molecular formula is C43H35N. The summed E-state index contributed by atoms with van der Waals surface area (Å²) in [6, 6.07) is 39.4. The second-order valence-electron chi connectivity index (χ2n) is 13.6. The van der Waals surface area contributed by atoms with Gasteiger partial charge in [-0.15, -0.1) is 0 Å². The standard InChI is InChI=1S/C43H35N/c1-24-16-19-29(22-26(24)3)44(30-20-17-25(2)27(4)23-30)42-33-13-8-12-32-31-11-7-10-28-18-21-36-40(37(28)31)41(38(32)33)39-34(42)14-9-15-35(39)43(36,5)6/h7-23H,1-6H3. The highest BCUT2D eigenvalue weighted by Crippen LogP contribution is 2.57. The van der Waals surface area contributed by atoms with Gasteiger partial charge in [0.2, 0.25) is 0 Å². The van der Waals surface area contributed by atoms with E-state index in [-0.39, 0.29) is 5.41 Å². The van der Waals surface area contributed by atoms with Crippen molar-refractivity contribution in [3.8, 4) is 0 Å². The first-order valence-electron chi connectivity index (χ1n) is 15.8. The Morgan fingerprint density at radius 3 is 1.64 bits per heavy atom. The van der Waals surface area contributed by atoms with Gasteiger partial charge in [0.25, 0.3) is 0 Å². The smallest absolute Gasteiger partial charge is 0.0619 e. The number of hydrogen-bond acceptors (Lipinski definition) is 1. The van der Waals surface area contributed by atoms with Crippen LogP contribution in [0.1, 0.15) is 47.2 Å². The minimum atomic E-state index is -0.133. The van der Waals surface area contributed by atoms with Gasteiger partial charge in [-0.3, -0.25) is 0 Å². The Hall–Kier alpha value is -4.88. The van der Waals surface area contributed by atoms with E-state index in [1.54, 1.807) is 0 Å². The number of rotatable bonds is 3. The van der Waals surface area contributed by atoms with Gasteiger partial charge in [-0.05, 0) is 123 Å². The van der Waals surface area contributed by atoms with Crippen LogP contribution in [0.5, 0.6) is 0 Å². The summed E-state index contributed by atoms with van der Waals surface area (Å²) in [4.78, 5) is 2.53. The quantitative estimate of drug-likeness (QED) is 0.152. The van der Waals surface area contributed by atoms with E-state index in [0.717, 1.165) is 0 Å². The van der Waals surface area contributed by atoms with Crippen molar-refractivity contribution < 1.29 is 0 Å². The van der Waals surface area contributed by atoms with Crippen LogP contribution in [0.25, 0.3) is 53.9 Å². The summed E-state index contributed by atoms with van der Waals surface area (Å²) in [5.74, 6) is 0. The highest BCUT2D eigenvalue weighted by molar-refractivity contribution is 6.42. The molecule has 0 amide bonds. The molecule has 0 aliphatic heterocycles. The lowest BCUT2D eigenvalue weighted by molar-refractivity contribution is 0.652. The van der Waals surface area contributed by atoms with Gasteiger partial charge in [-0.1, -0.05) is 92.7 Å². The van der Waals surface area contributed by atoms with E-state index < -0.39 is 0 Å². The number of fused-ring (bicyclic) bond motifs is 1. The van der Waals surface area contributed by atoms with Crippen LogP contribution in [0, 0.1) is 27.7 Å². The van der Waals surface area contributed by atoms with Crippen LogP contribution >= 0.6 is 0 Å². The van der Waals surface area contributed by atoms with Gasteiger partial charge in [0.05, 0.1) is 5.69 Å². The Labute approximate surface area is 258 Å². The Morgan fingerprint density at radius 2 is 0.977 bits per heavy atom. The van der Waals surface area contributed by atoms with Crippen molar-refractivity contribution in [1.29, 1.82) is 0 Å². The van der Waals surface area contributed by atoms with E-state index in [1.807, 2.05) is 0 Å². The summed E-state index contributed by atoms with van der Waals surface area (Å²) >= 11 is 0. The maximum Gasteiger partial charge on any atom is 0.0619 e. The summed E-state index contributed by atoms with van der Waals surface area (Å²) in [6.45, 7) is 13.7. The molecule has 0 radical (unpaired) electrons. The molecule has 0 spiro atoms. The van der Waals surface area contributed by atoms with Crippen LogP contribution in [0.2, 0.25) is 0 Å². The second-order valence-corrected chi connectivity index (χ2v) is 13.6. The van der Waals surface area contributed by atoms with Crippen molar-refractivity contribution in [1.82, 2.24) is 0 Å². The van der Waals surface area contributed by atoms with Crippen LogP contribution in [0.4, 0.5) is 17.1 Å². The molecule has 0 saturated heterocycles. The van der Waals surface area contributed by atoms with Gasteiger partial charge < -0.3 is 4.90 Å². The third kappa shape index (κ3) is 3.14. The first kappa shape index (κ1) is 25.6. The molecule has 0 heterocycles. The zero-order valence-electron chi connectivity index (χ0n) is 26.3. The fraction of sp³-hybridized carbons (Fsp3) is 0.163. The summed E-state index contributed by atoms with van der Waals surface area (Å²) in [6.07, 6.45) is 0. The average Bonchev–Trinajstić information content (AvgIpc) is 3.02. The maximum atomic E-state index is 2.53. The molecule has 0 unspecified atom stereocenters. The van der Waals surface area contributed by atoms with Crippen LogP contribution in [0.3, 0.4) is 0 Å². The van der Waals surface area contributed by atoms with Crippen LogP contribution in [0.15, 0.2) is 103 Å². The minimum absolute atomic E-state index is 0.133. The van der Waals surface area contributed by atoms with Gasteiger partial charge in [0.15, 0.2) is 0 Å².